The van der Waals surface area contributed by atoms with E-state index in [1.54, 1.807) is 4.57 Å². The lowest BCUT2D eigenvalue weighted by molar-refractivity contribution is 0.883. The van der Waals surface area contributed by atoms with Gasteiger partial charge in [-0.25, -0.2) is 9.97 Å². The number of nitrogens with two attached hydrogens (primary N) is 1. The molecule has 0 spiro atoms. The molecule has 4 aromatic rings. The Morgan fingerprint density at radius 3 is 2.61 bits per heavy atom. The van der Waals surface area contributed by atoms with Crippen molar-refractivity contribution in [1.82, 2.24) is 14.5 Å². The van der Waals surface area contributed by atoms with Crippen LogP contribution in [-0.2, 0) is 6.54 Å². The van der Waals surface area contributed by atoms with Crippen LogP contribution in [-0.4, -0.2) is 19.2 Å². The van der Waals surface area contributed by atoms with Gasteiger partial charge < -0.3 is 11.1 Å². The minimum Gasteiger partial charge on any atom is -0.383 e. The molecule has 156 valence electrons. The molecule has 7 nitrogen and oxygen atoms in total. The third-order valence-corrected chi connectivity index (χ3v) is 5.62. The van der Waals surface area contributed by atoms with Crippen molar-refractivity contribution in [1.29, 1.82) is 5.41 Å². The number of anilines is 2. The van der Waals surface area contributed by atoms with E-state index in [1.165, 1.54) is 6.33 Å². The number of nitrogen functional groups attached to an aromatic ring is 1. The van der Waals surface area contributed by atoms with E-state index in [0.29, 0.717) is 23.3 Å². The van der Waals surface area contributed by atoms with E-state index in [2.05, 4.69) is 31.2 Å². The molecule has 2 aromatic heterocycles. The average Bonchev–Trinajstić information content (AvgIpc) is 2.73. The number of aryl methyl sites for hydroxylation is 2. The van der Waals surface area contributed by atoms with Crippen LogP contribution in [0.25, 0.3) is 16.5 Å². The molecule has 0 saturated carbocycles. The Bertz CT molecular complexity index is 1380. The van der Waals surface area contributed by atoms with Crippen LogP contribution in [0.5, 0.6) is 0 Å². The number of fused-ring (bicyclic) bond motifs is 1. The summed E-state index contributed by atoms with van der Waals surface area (Å²) in [6.45, 7) is 4.23. The number of nitrogens with zero attached hydrogens (tertiary/aromatic N) is 3. The molecule has 0 aliphatic rings. The number of rotatable bonds is 5. The number of pyridine rings is 1. The Morgan fingerprint density at radius 2 is 1.87 bits per heavy atom. The molecule has 2 heterocycles. The van der Waals surface area contributed by atoms with Gasteiger partial charge in [0.15, 0.2) is 0 Å². The first kappa shape index (κ1) is 20.7. The summed E-state index contributed by atoms with van der Waals surface area (Å²) in [6, 6.07) is 15.6. The lowest BCUT2D eigenvalue weighted by Gasteiger charge is -2.18. The monoisotopic (exact) mass is 476 g/mol. The fourth-order valence-electron chi connectivity index (χ4n) is 3.72. The topological polar surface area (TPSA) is 110 Å². The summed E-state index contributed by atoms with van der Waals surface area (Å²) >= 11 is 3.15. The molecule has 0 amide bonds. The Balaban J connectivity index is 1.90. The second kappa shape index (κ2) is 8.31. The van der Waals surface area contributed by atoms with Gasteiger partial charge in [-0.1, -0.05) is 36.4 Å². The summed E-state index contributed by atoms with van der Waals surface area (Å²) in [6.07, 6.45) is 1.34. The fourth-order valence-corrected chi connectivity index (χ4v) is 4.11. The third kappa shape index (κ3) is 3.82. The zero-order chi connectivity index (χ0) is 22.1. The zero-order valence-corrected chi connectivity index (χ0v) is 18.7. The Hall–Kier alpha value is -3.52. The second-order valence-electron chi connectivity index (χ2n) is 7.25. The molecule has 0 atom stereocenters. The number of para-hydroxylation sites is 1. The number of halogens is 1. The molecule has 0 aliphatic carbocycles. The minimum absolute atomic E-state index is 0.0719. The highest BCUT2D eigenvalue weighted by molar-refractivity contribution is 9.18. The van der Waals surface area contributed by atoms with E-state index in [0.717, 1.165) is 27.9 Å². The van der Waals surface area contributed by atoms with Gasteiger partial charge in [-0.15, -0.1) is 0 Å². The van der Waals surface area contributed by atoms with Gasteiger partial charge in [0.25, 0.3) is 5.56 Å². The molecule has 31 heavy (non-hydrogen) atoms. The van der Waals surface area contributed by atoms with Gasteiger partial charge in [0.1, 0.15) is 22.6 Å². The van der Waals surface area contributed by atoms with E-state index in [4.69, 9.17) is 11.1 Å². The van der Waals surface area contributed by atoms with Gasteiger partial charge >= 0.3 is 0 Å². The summed E-state index contributed by atoms with van der Waals surface area (Å²) in [4.78, 5) is 21.8. The molecular formula is C23H21BrN6O. The van der Waals surface area contributed by atoms with Gasteiger partial charge in [-0.2, -0.15) is 0 Å². The quantitative estimate of drug-likeness (QED) is 0.371. The van der Waals surface area contributed by atoms with Crippen LogP contribution in [0.1, 0.15) is 22.4 Å². The first-order valence-electron chi connectivity index (χ1n) is 9.67. The van der Waals surface area contributed by atoms with Crippen LogP contribution >= 0.6 is 15.9 Å². The van der Waals surface area contributed by atoms with Gasteiger partial charge in [0.2, 0.25) is 0 Å². The fraction of sp³-hybridized carbons (Fsp3) is 0.130. The number of hydrogen-bond donors (Lipinski definition) is 3. The summed E-state index contributed by atoms with van der Waals surface area (Å²) < 4.78 is 1.82. The molecule has 0 fully saturated rings. The molecule has 4 N–H and O–H groups in total. The number of nitrogens with one attached hydrogen (secondary N) is 2. The van der Waals surface area contributed by atoms with Crippen molar-refractivity contribution < 1.29 is 0 Å². The lowest BCUT2D eigenvalue weighted by atomic mass is 10.1. The van der Waals surface area contributed by atoms with Crippen molar-refractivity contribution in [2.75, 3.05) is 11.1 Å². The van der Waals surface area contributed by atoms with Crippen LogP contribution in [0.15, 0.2) is 59.7 Å². The Kier molecular flexibility index (Phi) is 5.56. The summed E-state index contributed by atoms with van der Waals surface area (Å²) in [5.41, 5.74) is 9.75. The van der Waals surface area contributed by atoms with Gasteiger partial charge in [-0.3, -0.25) is 14.8 Å². The van der Waals surface area contributed by atoms with Gasteiger partial charge in [0, 0.05) is 5.69 Å². The smallest absolute Gasteiger partial charge is 0.263 e. The van der Waals surface area contributed by atoms with Crippen molar-refractivity contribution >= 4 is 43.0 Å². The molecule has 0 radical (unpaired) electrons. The van der Waals surface area contributed by atoms with E-state index in [9.17, 15) is 4.79 Å². The lowest BCUT2D eigenvalue weighted by Crippen LogP contribution is -2.25. The Morgan fingerprint density at radius 1 is 1.13 bits per heavy atom. The predicted octanol–water partition coefficient (Wildman–Crippen LogP) is 4.31. The highest BCUT2D eigenvalue weighted by Crippen LogP contribution is 2.24. The van der Waals surface area contributed by atoms with E-state index in [1.807, 2.05) is 62.4 Å². The highest BCUT2D eigenvalue weighted by atomic mass is 79.9. The molecule has 0 unspecified atom stereocenters. The molecular weight excluding hydrogens is 456 g/mol. The molecule has 4 rings (SSSR count). The SMILES string of the molecule is Cc1ccccc1-n1c(CNc2ncnc(N)c2C(=N)Br)cc2cccc(C)c2c1=O. The third-order valence-electron chi connectivity index (χ3n) is 5.22. The molecule has 0 aliphatic heterocycles. The standard InChI is InChI=1S/C23H21BrN6O/c1-13-6-3-4-9-17(13)30-16(10-15-8-5-7-14(2)18(15)23(30)31)11-27-22-19(20(24)25)21(26)28-12-29-22/h3-10,12,25H,11H2,1-2H3,(H3,26,27,28,29). The van der Waals surface area contributed by atoms with Crippen LogP contribution < -0.4 is 16.6 Å². The number of benzene rings is 2. The summed E-state index contributed by atoms with van der Waals surface area (Å²) in [5, 5.41) is 12.7. The number of hydrogen-bond acceptors (Lipinski definition) is 6. The molecule has 8 heteroatoms. The molecule has 0 saturated heterocycles. The minimum atomic E-state index is -0.0719. The van der Waals surface area contributed by atoms with E-state index < -0.39 is 0 Å². The zero-order valence-electron chi connectivity index (χ0n) is 17.1. The normalized spacial score (nSPS) is 10.9. The summed E-state index contributed by atoms with van der Waals surface area (Å²) in [5.74, 6) is 0.618. The van der Waals surface area contributed by atoms with E-state index >= 15 is 0 Å². The maximum absolute atomic E-state index is 13.6. The van der Waals surface area contributed by atoms with Crippen LogP contribution in [0.2, 0.25) is 0 Å². The maximum Gasteiger partial charge on any atom is 0.263 e. The molecule has 0 bridgehead atoms. The van der Waals surface area contributed by atoms with Crippen molar-refractivity contribution in [2.45, 2.75) is 20.4 Å². The highest BCUT2D eigenvalue weighted by Gasteiger charge is 2.16. The predicted molar refractivity (Wildman–Crippen MR) is 129 cm³/mol. The van der Waals surface area contributed by atoms with Crippen LogP contribution in [0.3, 0.4) is 0 Å². The van der Waals surface area contributed by atoms with Crippen molar-refractivity contribution in [3.63, 3.8) is 0 Å². The van der Waals surface area contributed by atoms with Gasteiger partial charge in [-0.05, 0) is 58.4 Å². The first-order valence-corrected chi connectivity index (χ1v) is 10.5. The van der Waals surface area contributed by atoms with Crippen molar-refractivity contribution in [3.05, 3.63) is 87.6 Å². The summed E-state index contributed by atoms with van der Waals surface area (Å²) in [7, 11) is 0. The largest absolute Gasteiger partial charge is 0.383 e. The second-order valence-corrected chi connectivity index (χ2v) is 8.04. The first-order chi connectivity index (χ1) is 14.9. The van der Waals surface area contributed by atoms with Crippen LogP contribution in [0, 0.1) is 19.3 Å². The molecule has 2 aromatic carbocycles. The van der Waals surface area contributed by atoms with Crippen molar-refractivity contribution in [2.24, 2.45) is 0 Å². The average molecular weight is 477 g/mol. The Labute approximate surface area is 187 Å². The van der Waals surface area contributed by atoms with Gasteiger partial charge in [0.05, 0.1) is 23.2 Å². The van der Waals surface area contributed by atoms with Crippen LogP contribution in [0.4, 0.5) is 11.6 Å². The van der Waals surface area contributed by atoms with E-state index in [-0.39, 0.29) is 16.0 Å². The van der Waals surface area contributed by atoms with Crippen molar-refractivity contribution in [3.8, 4) is 5.69 Å². The number of aromatic nitrogens is 3. The maximum atomic E-state index is 13.6.